The van der Waals surface area contributed by atoms with Gasteiger partial charge in [-0.05, 0) is 48.9 Å². The molecule has 3 atom stereocenters. The largest absolute Gasteiger partial charge is 0.379 e. The van der Waals surface area contributed by atoms with Crippen LogP contribution in [0.3, 0.4) is 0 Å². The zero-order valence-corrected chi connectivity index (χ0v) is 24.4. The lowest BCUT2D eigenvalue weighted by Gasteiger charge is -2.43. The van der Waals surface area contributed by atoms with Gasteiger partial charge < -0.3 is 10.1 Å². The summed E-state index contributed by atoms with van der Waals surface area (Å²) in [5, 5.41) is 12.8. The average molecular weight is 568 g/mol. The van der Waals surface area contributed by atoms with Crippen molar-refractivity contribution in [2.24, 2.45) is 0 Å². The van der Waals surface area contributed by atoms with Crippen LogP contribution in [0.5, 0.6) is 0 Å². The molecule has 2 heterocycles. The topological polar surface area (TPSA) is 98.6 Å². The summed E-state index contributed by atoms with van der Waals surface area (Å²) in [5.41, 5.74) is 0.217. The van der Waals surface area contributed by atoms with E-state index in [0.717, 1.165) is 5.56 Å². The third kappa shape index (κ3) is 6.35. The molecule has 0 bridgehead atoms. The Labute approximate surface area is 240 Å². The number of aromatic nitrogens is 1. The predicted molar refractivity (Wildman–Crippen MR) is 151 cm³/mol. The van der Waals surface area contributed by atoms with Crippen molar-refractivity contribution in [3.05, 3.63) is 59.9 Å². The Morgan fingerprint density at radius 2 is 1.78 bits per heavy atom. The summed E-state index contributed by atoms with van der Waals surface area (Å²) in [6, 6.07) is 9.56. The van der Waals surface area contributed by atoms with E-state index in [9.17, 15) is 23.6 Å². The molecular formula is C31H39F2N5O3. The van der Waals surface area contributed by atoms with Crippen LogP contribution in [0.15, 0.2) is 48.8 Å². The first-order valence-electron chi connectivity index (χ1n) is 14.0. The SMILES string of the molecule is CO[C@@H]1C[C@H](C(=O)N(c2ccc(C(C)(C)C)cc2)C(C)(C(=O)NC2CCC(F)(F)CC2)c2cccnc2)N(C#N)C1. The number of carbonyl (C=O) groups excluding carboxylic acids is 2. The third-order valence-corrected chi connectivity index (χ3v) is 8.39. The van der Waals surface area contributed by atoms with Crippen molar-refractivity contribution in [2.45, 2.75) is 94.9 Å². The zero-order chi connectivity index (χ0) is 30.0. The highest BCUT2D eigenvalue weighted by atomic mass is 19.3. The van der Waals surface area contributed by atoms with E-state index in [0.29, 0.717) is 11.3 Å². The first-order chi connectivity index (χ1) is 19.3. The summed E-state index contributed by atoms with van der Waals surface area (Å²) in [7, 11) is 1.54. The van der Waals surface area contributed by atoms with Gasteiger partial charge in [-0.2, -0.15) is 5.26 Å². The van der Waals surface area contributed by atoms with Crippen LogP contribution >= 0.6 is 0 Å². The molecule has 10 heteroatoms. The number of amides is 2. The van der Waals surface area contributed by atoms with Crippen LogP contribution in [0.4, 0.5) is 14.5 Å². The van der Waals surface area contributed by atoms with E-state index in [-0.39, 0.29) is 50.2 Å². The Morgan fingerprint density at radius 3 is 2.32 bits per heavy atom. The van der Waals surface area contributed by atoms with Gasteiger partial charge >= 0.3 is 0 Å². The minimum Gasteiger partial charge on any atom is -0.379 e. The fourth-order valence-electron chi connectivity index (χ4n) is 5.70. The minimum atomic E-state index is -2.74. The summed E-state index contributed by atoms with van der Waals surface area (Å²) in [4.78, 5) is 35.9. The van der Waals surface area contributed by atoms with Crippen molar-refractivity contribution in [1.82, 2.24) is 15.2 Å². The van der Waals surface area contributed by atoms with E-state index in [1.807, 2.05) is 12.1 Å². The number of benzene rings is 1. The van der Waals surface area contributed by atoms with Gasteiger partial charge in [-0.15, -0.1) is 0 Å². The first-order valence-corrected chi connectivity index (χ1v) is 14.0. The molecule has 2 aromatic rings. The molecule has 1 saturated heterocycles. The highest BCUT2D eigenvalue weighted by molar-refractivity contribution is 6.06. The summed E-state index contributed by atoms with van der Waals surface area (Å²) < 4.78 is 33.2. The number of rotatable bonds is 7. The highest BCUT2D eigenvalue weighted by Crippen LogP contribution is 2.38. The van der Waals surface area contributed by atoms with Gasteiger partial charge in [0.25, 0.3) is 11.8 Å². The van der Waals surface area contributed by atoms with E-state index in [1.54, 1.807) is 37.4 Å². The average Bonchev–Trinajstić information content (AvgIpc) is 3.38. The maximum absolute atomic E-state index is 14.5. The number of likely N-dealkylation sites (tertiary alicyclic amines) is 1. The quantitative estimate of drug-likeness (QED) is 0.479. The molecule has 2 amide bonds. The number of ether oxygens (including phenoxy) is 1. The van der Waals surface area contributed by atoms with E-state index in [2.05, 4.69) is 37.3 Å². The van der Waals surface area contributed by atoms with Gasteiger partial charge in [0, 0.05) is 56.1 Å². The molecule has 1 N–H and O–H groups in total. The molecule has 220 valence electrons. The molecule has 2 fully saturated rings. The van der Waals surface area contributed by atoms with Crippen LogP contribution < -0.4 is 10.2 Å². The fourth-order valence-corrected chi connectivity index (χ4v) is 5.70. The standard InChI is InChI=1S/C31H39F2N5O3/c1-29(2,3)21-8-10-24(11-9-21)38(27(39)26-17-25(41-5)19-37(26)20-34)30(4,22-7-6-16-35-18-22)28(40)36-23-12-14-31(32,33)15-13-23/h6-11,16,18,23,25-26H,12-15,17,19H2,1-5H3,(H,36,40)/t25-,26-,30?/m1/s1. The van der Waals surface area contributed by atoms with Gasteiger partial charge in [0.05, 0.1) is 12.6 Å². The fraction of sp³-hybridized carbons (Fsp3) is 0.548. The van der Waals surface area contributed by atoms with Crippen LogP contribution in [-0.2, 0) is 25.3 Å². The molecule has 1 saturated carbocycles. The monoisotopic (exact) mass is 567 g/mol. The van der Waals surface area contributed by atoms with Gasteiger partial charge in [-0.1, -0.05) is 39.0 Å². The number of nitrogens with zero attached hydrogens (tertiary/aromatic N) is 4. The number of alkyl halides is 2. The van der Waals surface area contributed by atoms with Crippen LogP contribution in [0.25, 0.3) is 0 Å². The lowest BCUT2D eigenvalue weighted by atomic mass is 9.85. The van der Waals surface area contributed by atoms with Crippen molar-refractivity contribution >= 4 is 17.5 Å². The van der Waals surface area contributed by atoms with Crippen molar-refractivity contribution < 1.29 is 23.1 Å². The zero-order valence-electron chi connectivity index (χ0n) is 24.4. The molecule has 4 rings (SSSR count). The number of hydrogen-bond donors (Lipinski definition) is 1. The smallest absolute Gasteiger partial charge is 0.251 e. The minimum absolute atomic E-state index is 0.135. The third-order valence-electron chi connectivity index (χ3n) is 8.39. The van der Waals surface area contributed by atoms with Crippen LogP contribution in [0.1, 0.15) is 70.9 Å². The molecule has 41 heavy (non-hydrogen) atoms. The van der Waals surface area contributed by atoms with E-state index >= 15 is 0 Å². The van der Waals surface area contributed by atoms with Gasteiger partial charge in [-0.3, -0.25) is 24.4 Å². The van der Waals surface area contributed by atoms with Gasteiger partial charge in [0.15, 0.2) is 11.7 Å². The maximum atomic E-state index is 14.5. The highest BCUT2D eigenvalue weighted by Gasteiger charge is 2.50. The van der Waals surface area contributed by atoms with Crippen molar-refractivity contribution in [1.29, 1.82) is 5.26 Å². The number of nitrogens with one attached hydrogen (secondary N) is 1. The number of methoxy groups -OCH3 is 1. The molecule has 2 aliphatic rings. The predicted octanol–water partition coefficient (Wildman–Crippen LogP) is 4.89. The van der Waals surface area contributed by atoms with Crippen LogP contribution in [0, 0.1) is 11.5 Å². The second kappa shape index (κ2) is 11.7. The molecule has 1 unspecified atom stereocenters. The van der Waals surface area contributed by atoms with Gasteiger partial charge in [0.2, 0.25) is 5.92 Å². The Morgan fingerprint density at radius 1 is 1.12 bits per heavy atom. The van der Waals surface area contributed by atoms with Gasteiger partial charge in [-0.25, -0.2) is 8.78 Å². The Bertz CT molecular complexity index is 1270. The number of halogens is 2. The summed E-state index contributed by atoms with van der Waals surface area (Å²) >= 11 is 0. The normalized spacial score (nSPS) is 22.4. The molecule has 0 radical (unpaired) electrons. The molecule has 8 nitrogen and oxygen atoms in total. The Hall–Kier alpha value is -3.58. The molecule has 1 aliphatic heterocycles. The Kier molecular flexibility index (Phi) is 8.69. The number of carbonyl (C=O) groups is 2. The summed E-state index contributed by atoms with van der Waals surface area (Å²) in [5.74, 6) is -3.68. The van der Waals surface area contributed by atoms with Crippen molar-refractivity contribution in [2.75, 3.05) is 18.6 Å². The number of pyridine rings is 1. The first kappa shape index (κ1) is 30.4. The van der Waals surface area contributed by atoms with E-state index < -0.39 is 35.4 Å². The molecule has 1 aromatic carbocycles. The molecule has 1 aliphatic carbocycles. The summed E-state index contributed by atoms with van der Waals surface area (Å²) in [6.45, 7) is 8.15. The van der Waals surface area contributed by atoms with E-state index in [4.69, 9.17) is 4.74 Å². The number of hydrogen-bond acceptors (Lipinski definition) is 6. The molecule has 1 aromatic heterocycles. The number of anilines is 1. The second-order valence-electron chi connectivity index (χ2n) is 12.2. The lowest BCUT2D eigenvalue weighted by Crippen LogP contribution is -2.61. The molecular weight excluding hydrogens is 528 g/mol. The van der Waals surface area contributed by atoms with Crippen molar-refractivity contribution in [3.8, 4) is 6.19 Å². The summed E-state index contributed by atoms with van der Waals surface area (Å²) in [6.07, 6.45) is 4.83. The van der Waals surface area contributed by atoms with Crippen molar-refractivity contribution in [3.63, 3.8) is 0 Å². The van der Waals surface area contributed by atoms with Crippen LogP contribution in [-0.4, -0.2) is 59.5 Å². The van der Waals surface area contributed by atoms with E-state index in [1.165, 1.54) is 23.1 Å². The number of nitriles is 1. The lowest BCUT2D eigenvalue weighted by molar-refractivity contribution is -0.133. The second-order valence-corrected chi connectivity index (χ2v) is 12.2. The van der Waals surface area contributed by atoms with Crippen LogP contribution in [0.2, 0.25) is 0 Å². The maximum Gasteiger partial charge on any atom is 0.251 e. The van der Waals surface area contributed by atoms with Gasteiger partial charge in [0.1, 0.15) is 6.04 Å². The molecule has 0 spiro atoms. The Balaban J connectivity index is 1.82.